The summed E-state index contributed by atoms with van der Waals surface area (Å²) in [5, 5.41) is 12.7. The van der Waals surface area contributed by atoms with Gasteiger partial charge >= 0.3 is 0 Å². The summed E-state index contributed by atoms with van der Waals surface area (Å²) in [6.07, 6.45) is 2.61. The van der Waals surface area contributed by atoms with Crippen molar-refractivity contribution in [1.82, 2.24) is 5.32 Å². The van der Waals surface area contributed by atoms with Crippen molar-refractivity contribution in [3.8, 4) is 5.75 Å². The molecule has 0 heterocycles. The third-order valence-corrected chi connectivity index (χ3v) is 4.22. The van der Waals surface area contributed by atoms with Crippen LogP contribution in [-0.4, -0.2) is 29.3 Å². The fourth-order valence-electron chi connectivity index (χ4n) is 2.36. The predicted molar refractivity (Wildman–Crippen MR) is 80.6 cm³/mol. The average molecular weight is 342 g/mol. The van der Waals surface area contributed by atoms with E-state index < -0.39 is 12.2 Å². The first kappa shape index (κ1) is 15.3. The minimum absolute atomic E-state index is 0.151. The number of carbonyl (C=O) groups excluding carboxylic acids is 1. The van der Waals surface area contributed by atoms with Crippen molar-refractivity contribution in [3.63, 3.8) is 0 Å². The van der Waals surface area contributed by atoms with Gasteiger partial charge < -0.3 is 15.2 Å². The molecule has 110 valence electrons. The van der Waals surface area contributed by atoms with Gasteiger partial charge in [0.1, 0.15) is 5.75 Å². The summed E-state index contributed by atoms with van der Waals surface area (Å²) in [5.41, 5.74) is 0. The van der Waals surface area contributed by atoms with E-state index in [9.17, 15) is 9.90 Å². The van der Waals surface area contributed by atoms with Gasteiger partial charge in [-0.25, -0.2) is 0 Å². The highest BCUT2D eigenvalue weighted by molar-refractivity contribution is 9.10. The molecule has 1 amide bonds. The summed E-state index contributed by atoms with van der Waals surface area (Å²) in [6.45, 7) is 1.71. The Balaban J connectivity index is 1.90. The van der Waals surface area contributed by atoms with Crippen LogP contribution in [0.1, 0.15) is 32.6 Å². The number of nitrogens with one attached hydrogen (secondary N) is 1. The van der Waals surface area contributed by atoms with Crippen molar-refractivity contribution in [3.05, 3.63) is 28.7 Å². The van der Waals surface area contributed by atoms with Gasteiger partial charge in [0.05, 0.1) is 16.6 Å². The number of aliphatic hydroxyl groups excluding tert-OH is 1. The first-order valence-electron chi connectivity index (χ1n) is 6.97. The maximum atomic E-state index is 12.1. The highest BCUT2D eigenvalue weighted by atomic mass is 79.9. The van der Waals surface area contributed by atoms with Crippen molar-refractivity contribution in [2.75, 3.05) is 0 Å². The number of rotatable bonds is 4. The number of ether oxygens (including phenoxy) is 1. The summed E-state index contributed by atoms with van der Waals surface area (Å²) in [5.74, 6) is 0.450. The molecule has 0 aliphatic heterocycles. The first-order chi connectivity index (χ1) is 9.58. The van der Waals surface area contributed by atoms with Gasteiger partial charge in [-0.2, -0.15) is 0 Å². The second-order valence-electron chi connectivity index (χ2n) is 5.16. The van der Waals surface area contributed by atoms with Crippen LogP contribution in [0.4, 0.5) is 0 Å². The van der Waals surface area contributed by atoms with Crippen LogP contribution in [0.2, 0.25) is 0 Å². The fraction of sp³-hybridized carbons (Fsp3) is 0.533. The van der Waals surface area contributed by atoms with E-state index in [0.29, 0.717) is 5.75 Å². The van der Waals surface area contributed by atoms with Gasteiger partial charge in [-0.3, -0.25) is 4.79 Å². The monoisotopic (exact) mass is 341 g/mol. The average Bonchev–Trinajstić information content (AvgIpc) is 2.43. The summed E-state index contributed by atoms with van der Waals surface area (Å²) in [4.78, 5) is 12.1. The minimum Gasteiger partial charge on any atom is -0.480 e. The number of para-hydroxylation sites is 1. The third-order valence-electron chi connectivity index (χ3n) is 3.57. The van der Waals surface area contributed by atoms with Crippen LogP contribution in [-0.2, 0) is 4.79 Å². The van der Waals surface area contributed by atoms with Crippen LogP contribution < -0.4 is 10.1 Å². The lowest BCUT2D eigenvalue weighted by molar-refractivity contribution is -0.129. The van der Waals surface area contributed by atoms with Crippen molar-refractivity contribution >= 4 is 21.8 Å². The maximum Gasteiger partial charge on any atom is 0.261 e. The molecule has 0 aromatic heterocycles. The molecular formula is C15H20BrNO3. The lowest BCUT2D eigenvalue weighted by Gasteiger charge is -2.29. The fourth-order valence-corrected chi connectivity index (χ4v) is 2.74. The molecule has 3 atom stereocenters. The Morgan fingerprint density at radius 1 is 1.40 bits per heavy atom. The van der Waals surface area contributed by atoms with E-state index in [-0.39, 0.29) is 11.9 Å². The molecule has 2 rings (SSSR count). The molecule has 0 radical (unpaired) electrons. The highest BCUT2D eigenvalue weighted by Gasteiger charge is 2.26. The number of halogens is 1. The number of amides is 1. The Morgan fingerprint density at radius 2 is 2.10 bits per heavy atom. The maximum absolute atomic E-state index is 12.1. The molecule has 1 aromatic carbocycles. The van der Waals surface area contributed by atoms with Crippen LogP contribution in [0.25, 0.3) is 0 Å². The van der Waals surface area contributed by atoms with Gasteiger partial charge in [0, 0.05) is 0 Å². The third kappa shape index (κ3) is 3.96. The van der Waals surface area contributed by atoms with E-state index in [0.717, 1.165) is 30.2 Å². The second kappa shape index (κ2) is 7.09. The number of benzene rings is 1. The van der Waals surface area contributed by atoms with Crippen molar-refractivity contribution in [2.45, 2.75) is 50.9 Å². The Bertz CT molecular complexity index is 466. The molecule has 0 saturated heterocycles. The van der Waals surface area contributed by atoms with Gasteiger partial charge in [0.2, 0.25) is 0 Å². The van der Waals surface area contributed by atoms with Gasteiger partial charge in [-0.1, -0.05) is 25.0 Å². The van der Waals surface area contributed by atoms with E-state index in [1.54, 1.807) is 6.92 Å². The molecule has 1 aliphatic carbocycles. The molecule has 3 unspecified atom stereocenters. The Kier molecular flexibility index (Phi) is 5.43. The summed E-state index contributed by atoms with van der Waals surface area (Å²) >= 11 is 3.39. The smallest absolute Gasteiger partial charge is 0.261 e. The summed E-state index contributed by atoms with van der Waals surface area (Å²) in [6, 6.07) is 7.27. The zero-order valence-electron chi connectivity index (χ0n) is 11.5. The largest absolute Gasteiger partial charge is 0.480 e. The van der Waals surface area contributed by atoms with Crippen LogP contribution >= 0.6 is 15.9 Å². The Morgan fingerprint density at radius 3 is 2.80 bits per heavy atom. The molecule has 1 aliphatic rings. The van der Waals surface area contributed by atoms with Gasteiger partial charge in [-0.15, -0.1) is 0 Å². The molecule has 2 N–H and O–H groups in total. The van der Waals surface area contributed by atoms with Crippen molar-refractivity contribution < 1.29 is 14.6 Å². The molecule has 0 spiro atoms. The summed E-state index contributed by atoms with van der Waals surface area (Å²) < 4.78 is 6.46. The standard InChI is InChI=1S/C15H20BrNO3/c1-10(20-14-9-5-2-6-11(14)16)15(19)17-12-7-3-4-8-13(12)18/h2,5-6,9-10,12-13,18H,3-4,7-8H2,1H3,(H,17,19). The molecule has 20 heavy (non-hydrogen) atoms. The van der Waals surface area contributed by atoms with Gasteiger partial charge in [-0.05, 0) is 47.8 Å². The molecule has 4 nitrogen and oxygen atoms in total. The van der Waals surface area contributed by atoms with E-state index in [1.165, 1.54) is 0 Å². The van der Waals surface area contributed by atoms with Crippen LogP contribution in [0.15, 0.2) is 28.7 Å². The Hall–Kier alpha value is -1.07. The van der Waals surface area contributed by atoms with Crippen molar-refractivity contribution in [2.24, 2.45) is 0 Å². The molecular weight excluding hydrogens is 322 g/mol. The SMILES string of the molecule is CC(Oc1ccccc1Br)C(=O)NC1CCCCC1O. The minimum atomic E-state index is -0.595. The van der Waals surface area contributed by atoms with E-state index >= 15 is 0 Å². The van der Waals surface area contributed by atoms with E-state index in [1.807, 2.05) is 24.3 Å². The lowest BCUT2D eigenvalue weighted by atomic mass is 9.92. The quantitative estimate of drug-likeness (QED) is 0.884. The van der Waals surface area contributed by atoms with Crippen LogP contribution in [0, 0.1) is 0 Å². The molecule has 1 saturated carbocycles. The Labute approximate surface area is 127 Å². The molecule has 1 aromatic rings. The zero-order valence-corrected chi connectivity index (χ0v) is 13.1. The lowest BCUT2D eigenvalue weighted by Crippen LogP contribution is -2.49. The van der Waals surface area contributed by atoms with Crippen molar-refractivity contribution in [1.29, 1.82) is 0 Å². The van der Waals surface area contributed by atoms with E-state index in [2.05, 4.69) is 21.2 Å². The molecule has 1 fully saturated rings. The number of aliphatic hydroxyl groups is 1. The highest BCUT2D eigenvalue weighted by Crippen LogP contribution is 2.25. The van der Waals surface area contributed by atoms with Gasteiger partial charge in [0.15, 0.2) is 6.10 Å². The first-order valence-corrected chi connectivity index (χ1v) is 7.77. The zero-order chi connectivity index (χ0) is 14.5. The molecule has 5 heteroatoms. The van der Waals surface area contributed by atoms with Crippen LogP contribution in [0.5, 0.6) is 5.75 Å². The van der Waals surface area contributed by atoms with E-state index in [4.69, 9.17) is 4.74 Å². The van der Waals surface area contributed by atoms with Gasteiger partial charge in [0.25, 0.3) is 5.91 Å². The summed E-state index contributed by atoms with van der Waals surface area (Å²) in [7, 11) is 0. The predicted octanol–water partition coefficient (Wildman–Crippen LogP) is 2.64. The normalized spacial score (nSPS) is 23.9. The topological polar surface area (TPSA) is 58.6 Å². The molecule has 0 bridgehead atoms. The number of hydrogen-bond acceptors (Lipinski definition) is 3. The number of carbonyl (C=O) groups is 1. The van der Waals surface area contributed by atoms with Crippen LogP contribution in [0.3, 0.4) is 0 Å². The second-order valence-corrected chi connectivity index (χ2v) is 6.01. The number of hydrogen-bond donors (Lipinski definition) is 2.